The predicted octanol–water partition coefficient (Wildman–Crippen LogP) is 1.25. The molecular formula is C17H19N3O4. The molecule has 0 radical (unpaired) electrons. The molecule has 7 nitrogen and oxygen atoms in total. The Morgan fingerprint density at radius 1 is 1.21 bits per heavy atom. The van der Waals surface area contributed by atoms with Crippen molar-refractivity contribution >= 4 is 5.91 Å². The summed E-state index contributed by atoms with van der Waals surface area (Å²) >= 11 is 0. The summed E-state index contributed by atoms with van der Waals surface area (Å²) in [4.78, 5) is 12.0. The number of carbonyl (C=O) groups excluding carboxylic acids is 1. The highest BCUT2D eigenvalue weighted by Crippen LogP contribution is 2.25. The molecule has 0 atom stereocenters. The Bertz CT molecular complexity index is 759. The van der Waals surface area contributed by atoms with Gasteiger partial charge in [-0.1, -0.05) is 24.0 Å². The van der Waals surface area contributed by atoms with E-state index in [1.807, 2.05) is 18.2 Å². The van der Waals surface area contributed by atoms with Gasteiger partial charge in [0.25, 0.3) is 5.91 Å². The van der Waals surface area contributed by atoms with Gasteiger partial charge in [-0.3, -0.25) is 9.48 Å². The molecule has 0 bridgehead atoms. The molecule has 2 rings (SSSR count). The number of aromatic nitrogens is 2. The summed E-state index contributed by atoms with van der Waals surface area (Å²) in [5.74, 6) is 6.91. The van der Waals surface area contributed by atoms with Crippen LogP contribution in [0.3, 0.4) is 0 Å². The largest absolute Gasteiger partial charge is 0.493 e. The third-order valence-electron chi connectivity index (χ3n) is 3.06. The van der Waals surface area contributed by atoms with Crippen molar-refractivity contribution in [2.45, 2.75) is 0 Å². The van der Waals surface area contributed by atoms with E-state index in [0.29, 0.717) is 17.1 Å². The average molecular weight is 329 g/mol. The van der Waals surface area contributed by atoms with E-state index in [2.05, 4.69) is 22.3 Å². The molecule has 0 fully saturated rings. The lowest BCUT2D eigenvalue weighted by Crippen LogP contribution is -2.23. The molecule has 0 unspecified atom stereocenters. The van der Waals surface area contributed by atoms with Crippen LogP contribution in [0.2, 0.25) is 0 Å². The summed E-state index contributed by atoms with van der Waals surface area (Å²) in [6, 6.07) is 7.33. The standard InChI is InChI=1S/C17H19N3O4/c1-20-12-13(17(19-20)23-3)16(21)18-10-6-7-11-24-15-9-5-4-8-14(15)22-2/h4-5,8-9,12H,10-11H2,1-3H3,(H,18,21). The first kappa shape index (κ1) is 17.2. The maximum Gasteiger partial charge on any atom is 0.259 e. The average Bonchev–Trinajstić information content (AvgIpc) is 2.99. The molecule has 0 aliphatic heterocycles. The zero-order chi connectivity index (χ0) is 17.4. The topological polar surface area (TPSA) is 74.6 Å². The normalized spacial score (nSPS) is 9.62. The van der Waals surface area contributed by atoms with E-state index in [4.69, 9.17) is 14.2 Å². The van der Waals surface area contributed by atoms with E-state index in [1.54, 1.807) is 26.4 Å². The van der Waals surface area contributed by atoms with Crippen molar-refractivity contribution in [1.29, 1.82) is 0 Å². The van der Waals surface area contributed by atoms with Crippen LogP contribution < -0.4 is 19.5 Å². The number of hydrogen-bond acceptors (Lipinski definition) is 5. The number of nitrogens with one attached hydrogen (secondary N) is 1. The summed E-state index contributed by atoms with van der Waals surface area (Å²) in [6.07, 6.45) is 1.59. The Morgan fingerprint density at radius 2 is 1.96 bits per heavy atom. The van der Waals surface area contributed by atoms with E-state index in [0.717, 1.165) is 0 Å². The van der Waals surface area contributed by atoms with Crippen LogP contribution in [-0.2, 0) is 7.05 Å². The van der Waals surface area contributed by atoms with Gasteiger partial charge in [-0.2, -0.15) is 0 Å². The molecule has 24 heavy (non-hydrogen) atoms. The van der Waals surface area contributed by atoms with Crippen LogP contribution in [0.5, 0.6) is 17.4 Å². The second-order valence-corrected chi connectivity index (χ2v) is 4.70. The van der Waals surface area contributed by atoms with Crippen LogP contribution in [0.15, 0.2) is 30.5 Å². The molecule has 0 aliphatic rings. The van der Waals surface area contributed by atoms with Gasteiger partial charge in [0.15, 0.2) is 11.5 Å². The summed E-state index contributed by atoms with van der Waals surface area (Å²) in [5.41, 5.74) is 0.368. The van der Waals surface area contributed by atoms with Gasteiger partial charge >= 0.3 is 0 Å². The minimum Gasteiger partial charge on any atom is -0.493 e. The summed E-state index contributed by atoms with van der Waals surface area (Å²) in [7, 11) is 4.76. The van der Waals surface area contributed by atoms with Crippen molar-refractivity contribution in [1.82, 2.24) is 15.1 Å². The van der Waals surface area contributed by atoms with E-state index in [1.165, 1.54) is 11.8 Å². The Labute approximate surface area is 140 Å². The number of nitrogens with zero attached hydrogens (tertiary/aromatic N) is 2. The molecule has 1 amide bonds. The van der Waals surface area contributed by atoms with E-state index >= 15 is 0 Å². The predicted molar refractivity (Wildman–Crippen MR) is 88.4 cm³/mol. The van der Waals surface area contributed by atoms with Crippen molar-refractivity contribution in [3.8, 4) is 29.2 Å². The van der Waals surface area contributed by atoms with Crippen molar-refractivity contribution < 1.29 is 19.0 Å². The fourth-order valence-corrected chi connectivity index (χ4v) is 1.96. The second kappa shape index (κ2) is 8.48. The first-order chi connectivity index (χ1) is 11.7. The Morgan fingerprint density at radius 3 is 2.67 bits per heavy atom. The monoisotopic (exact) mass is 329 g/mol. The molecule has 0 spiro atoms. The molecule has 0 aliphatic carbocycles. The number of rotatable bonds is 6. The van der Waals surface area contributed by atoms with Crippen molar-refractivity contribution in [3.63, 3.8) is 0 Å². The van der Waals surface area contributed by atoms with Crippen LogP contribution in [0.1, 0.15) is 10.4 Å². The molecule has 1 aromatic heterocycles. The van der Waals surface area contributed by atoms with Gasteiger partial charge < -0.3 is 19.5 Å². The lowest BCUT2D eigenvalue weighted by molar-refractivity contribution is 0.0955. The molecule has 7 heteroatoms. The maximum absolute atomic E-state index is 12.0. The van der Waals surface area contributed by atoms with Gasteiger partial charge in [0.2, 0.25) is 5.88 Å². The maximum atomic E-state index is 12.0. The van der Waals surface area contributed by atoms with Crippen molar-refractivity contribution in [2.24, 2.45) is 7.05 Å². The summed E-state index contributed by atoms with van der Waals surface area (Å²) in [6.45, 7) is 0.401. The van der Waals surface area contributed by atoms with Gasteiger partial charge in [-0.15, -0.1) is 5.10 Å². The van der Waals surface area contributed by atoms with Crippen molar-refractivity contribution in [3.05, 3.63) is 36.0 Å². The zero-order valence-electron chi connectivity index (χ0n) is 13.8. The highest BCUT2D eigenvalue weighted by Gasteiger charge is 2.15. The molecule has 0 saturated carbocycles. The third-order valence-corrected chi connectivity index (χ3v) is 3.06. The first-order valence-electron chi connectivity index (χ1n) is 7.23. The molecule has 1 heterocycles. The third kappa shape index (κ3) is 4.43. The van der Waals surface area contributed by atoms with E-state index < -0.39 is 0 Å². The molecule has 2 aromatic rings. The van der Waals surface area contributed by atoms with E-state index in [9.17, 15) is 4.79 Å². The number of para-hydroxylation sites is 2. The minimum absolute atomic E-state index is 0.201. The lowest BCUT2D eigenvalue weighted by Gasteiger charge is -2.07. The molecule has 1 aromatic carbocycles. The number of carbonyl (C=O) groups is 1. The van der Waals surface area contributed by atoms with Crippen LogP contribution >= 0.6 is 0 Å². The highest BCUT2D eigenvalue weighted by molar-refractivity contribution is 5.96. The van der Waals surface area contributed by atoms with Crippen LogP contribution in [0.4, 0.5) is 0 Å². The Kier molecular flexibility index (Phi) is 6.08. The zero-order valence-corrected chi connectivity index (χ0v) is 13.8. The molecule has 1 N–H and O–H groups in total. The lowest BCUT2D eigenvalue weighted by atomic mass is 10.3. The number of ether oxygens (including phenoxy) is 3. The SMILES string of the molecule is COc1ccccc1OCC#CCNC(=O)c1cn(C)nc1OC. The number of methoxy groups -OCH3 is 2. The first-order valence-corrected chi connectivity index (χ1v) is 7.23. The molecule has 126 valence electrons. The number of hydrogen-bond donors (Lipinski definition) is 1. The van der Waals surface area contributed by atoms with Gasteiger partial charge in [0, 0.05) is 13.2 Å². The molecular weight excluding hydrogens is 310 g/mol. The van der Waals surface area contributed by atoms with Gasteiger partial charge in [-0.05, 0) is 12.1 Å². The van der Waals surface area contributed by atoms with Crippen LogP contribution in [0, 0.1) is 11.8 Å². The van der Waals surface area contributed by atoms with Crippen LogP contribution in [-0.4, -0.2) is 43.1 Å². The Balaban J connectivity index is 1.80. The summed E-state index contributed by atoms with van der Waals surface area (Å²) < 4.78 is 17.2. The number of aryl methyl sites for hydroxylation is 1. The fourth-order valence-electron chi connectivity index (χ4n) is 1.96. The van der Waals surface area contributed by atoms with Gasteiger partial charge in [0.05, 0.1) is 20.8 Å². The van der Waals surface area contributed by atoms with Gasteiger partial charge in [-0.25, -0.2) is 0 Å². The van der Waals surface area contributed by atoms with E-state index in [-0.39, 0.29) is 24.9 Å². The quantitative estimate of drug-likeness (QED) is 0.808. The van der Waals surface area contributed by atoms with Crippen molar-refractivity contribution in [2.75, 3.05) is 27.4 Å². The second-order valence-electron chi connectivity index (χ2n) is 4.70. The minimum atomic E-state index is -0.292. The number of amides is 1. The van der Waals surface area contributed by atoms with Gasteiger partial charge in [0.1, 0.15) is 12.2 Å². The highest BCUT2D eigenvalue weighted by atomic mass is 16.5. The van der Waals surface area contributed by atoms with Crippen LogP contribution in [0.25, 0.3) is 0 Å². The Hall–Kier alpha value is -3.14. The fraction of sp³-hybridized carbons (Fsp3) is 0.294. The summed E-state index contributed by atoms with van der Waals surface area (Å²) in [5, 5.41) is 6.71. The molecule has 0 saturated heterocycles. The smallest absolute Gasteiger partial charge is 0.259 e. The number of benzene rings is 1.